The molecule has 7 nitrogen and oxygen atoms in total. The van der Waals surface area contributed by atoms with Gasteiger partial charge >= 0.3 is 0 Å². The lowest BCUT2D eigenvalue weighted by molar-refractivity contribution is -0.121. The molecule has 3 aromatic rings. The number of carbonyl (C=O) groups excluding carboxylic acids is 1. The van der Waals surface area contributed by atoms with Gasteiger partial charge in [-0.15, -0.1) is 0 Å². The molecule has 0 saturated heterocycles. The van der Waals surface area contributed by atoms with Crippen molar-refractivity contribution in [1.82, 2.24) is 14.7 Å². The second-order valence-corrected chi connectivity index (χ2v) is 8.54. The van der Waals surface area contributed by atoms with Crippen LogP contribution in [-0.2, 0) is 20.2 Å². The molecule has 4 rings (SSSR count). The minimum absolute atomic E-state index is 0.0341. The van der Waals surface area contributed by atoms with E-state index < -0.39 is 21.3 Å². The Labute approximate surface area is 162 Å². The molecule has 0 radical (unpaired) electrons. The molecule has 8 heteroatoms. The molecule has 2 heterocycles. The van der Waals surface area contributed by atoms with Crippen molar-refractivity contribution in [3.05, 3.63) is 59.9 Å². The zero-order valence-corrected chi connectivity index (χ0v) is 16.3. The minimum atomic E-state index is -4.05. The molecule has 1 aromatic carbocycles. The third-order valence-corrected chi connectivity index (χ3v) is 6.51. The van der Waals surface area contributed by atoms with Crippen molar-refractivity contribution >= 4 is 26.8 Å². The van der Waals surface area contributed by atoms with E-state index >= 15 is 0 Å². The first-order chi connectivity index (χ1) is 13.4. The van der Waals surface area contributed by atoms with Gasteiger partial charge in [0, 0.05) is 23.8 Å². The van der Waals surface area contributed by atoms with E-state index in [1.54, 1.807) is 42.7 Å². The number of fused-ring (bicyclic) bond motifs is 1. The predicted octanol–water partition coefficient (Wildman–Crippen LogP) is 2.48. The number of amides is 1. The Morgan fingerprint density at radius 2 is 1.96 bits per heavy atom. The highest BCUT2D eigenvalue weighted by Gasteiger charge is 2.53. The summed E-state index contributed by atoms with van der Waals surface area (Å²) in [5, 5.41) is 0.470. The SMILES string of the molecule is COc1cc(C)c(C2(C(=O)NS(=O)(=O)c3cccc4ncccc34)CC2)cn1. The van der Waals surface area contributed by atoms with Gasteiger partial charge in [0.05, 0.1) is 22.9 Å². The molecule has 1 aliphatic carbocycles. The maximum atomic E-state index is 13.0. The molecular formula is C20H19N3O4S. The second kappa shape index (κ2) is 6.56. The van der Waals surface area contributed by atoms with Gasteiger partial charge in [-0.25, -0.2) is 18.1 Å². The molecule has 1 N–H and O–H groups in total. The molecule has 1 saturated carbocycles. The van der Waals surface area contributed by atoms with Gasteiger partial charge in [-0.05, 0) is 55.2 Å². The first kappa shape index (κ1) is 18.4. The molecule has 1 aliphatic rings. The Morgan fingerprint density at radius 1 is 1.18 bits per heavy atom. The smallest absolute Gasteiger partial charge is 0.264 e. The Kier molecular flexibility index (Phi) is 4.30. The van der Waals surface area contributed by atoms with Crippen LogP contribution in [0.4, 0.5) is 0 Å². The quantitative estimate of drug-likeness (QED) is 0.710. The lowest BCUT2D eigenvalue weighted by atomic mass is 9.93. The number of nitrogens with one attached hydrogen (secondary N) is 1. The van der Waals surface area contributed by atoms with Gasteiger partial charge in [-0.2, -0.15) is 0 Å². The molecule has 144 valence electrons. The van der Waals surface area contributed by atoms with Crippen molar-refractivity contribution < 1.29 is 17.9 Å². The van der Waals surface area contributed by atoms with Crippen LogP contribution in [0.5, 0.6) is 5.88 Å². The summed E-state index contributed by atoms with van der Waals surface area (Å²) >= 11 is 0. The van der Waals surface area contributed by atoms with Crippen LogP contribution in [0.25, 0.3) is 10.9 Å². The van der Waals surface area contributed by atoms with E-state index in [9.17, 15) is 13.2 Å². The third-order valence-electron chi connectivity index (χ3n) is 5.12. The first-order valence-corrected chi connectivity index (χ1v) is 10.3. The number of nitrogens with zero attached hydrogens (tertiary/aromatic N) is 2. The number of methoxy groups -OCH3 is 1. The van der Waals surface area contributed by atoms with Crippen molar-refractivity contribution in [2.45, 2.75) is 30.1 Å². The van der Waals surface area contributed by atoms with Gasteiger partial charge in [-0.3, -0.25) is 9.78 Å². The number of aromatic nitrogens is 2. The molecule has 0 aliphatic heterocycles. The summed E-state index contributed by atoms with van der Waals surface area (Å²) in [6.45, 7) is 1.86. The maximum absolute atomic E-state index is 13.0. The summed E-state index contributed by atoms with van der Waals surface area (Å²) < 4.78 is 33.3. The fraction of sp³-hybridized carbons (Fsp3) is 0.250. The molecule has 2 aromatic heterocycles. The number of benzene rings is 1. The number of hydrogen-bond donors (Lipinski definition) is 1. The Bertz CT molecular complexity index is 1180. The fourth-order valence-electron chi connectivity index (χ4n) is 3.47. The summed E-state index contributed by atoms with van der Waals surface area (Å²) in [6.07, 6.45) is 4.33. The highest BCUT2D eigenvalue weighted by molar-refractivity contribution is 7.90. The van der Waals surface area contributed by atoms with E-state index in [-0.39, 0.29) is 4.90 Å². The largest absolute Gasteiger partial charge is 0.481 e. The Hall–Kier alpha value is -3.00. The lowest BCUT2D eigenvalue weighted by Gasteiger charge is -2.18. The molecule has 1 amide bonds. The Morgan fingerprint density at radius 3 is 2.64 bits per heavy atom. The van der Waals surface area contributed by atoms with Crippen molar-refractivity contribution in [2.75, 3.05) is 7.11 Å². The number of pyridine rings is 2. The number of rotatable bonds is 5. The summed E-state index contributed by atoms with van der Waals surface area (Å²) in [5.74, 6) is -0.0863. The monoisotopic (exact) mass is 397 g/mol. The third kappa shape index (κ3) is 2.99. The van der Waals surface area contributed by atoms with Gasteiger partial charge in [0.25, 0.3) is 10.0 Å². The second-order valence-electron chi connectivity index (χ2n) is 6.88. The van der Waals surface area contributed by atoms with E-state index in [1.165, 1.54) is 13.2 Å². The van der Waals surface area contributed by atoms with Gasteiger partial charge < -0.3 is 4.74 Å². The standard InChI is InChI=1S/C20H19N3O4S/c1-13-11-18(27-2)22-12-15(13)20(8-9-20)19(24)23-28(25,26)17-7-3-6-16-14(17)5-4-10-21-16/h3-7,10-12H,8-9H2,1-2H3,(H,23,24). The van der Waals surface area contributed by atoms with E-state index in [4.69, 9.17) is 4.74 Å². The summed E-state index contributed by atoms with van der Waals surface area (Å²) in [5.41, 5.74) is 1.24. The highest BCUT2D eigenvalue weighted by Crippen LogP contribution is 2.49. The van der Waals surface area contributed by atoms with E-state index in [0.717, 1.165) is 11.1 Å². The van der Waals surface area contributed by atoms with Gasteiger partial charge in [0.1, 0.15) is 0 Å². The zero-order chi connectivity index (χ0) is 19.9. The van der Waals surface area contributed by atoms with Crippen LogP contribution in [0.15, 0.2) is 53.7 Å². The molecule has 0 atom stereocenters. The van der Waals surface area contributed by atoms with E-state index in [2.05, 4.69) is 14.7 Å². The fourth-order valence-corrected chi connectivity index (χ4v) is 4.74. The van der Waals surface area contributed by atoms with Crippen LogP contribution in [0, 0.1) is 6.92 Å². The summed E-state index contributed by atoms with van der Waals surface area (Å²) in [6, 6.07) is 9.89. The van der Waals surface area contributed by atoms with Gasteiger partial charge in [0.2, 0.25) is 11.8 Å². The molecular weight excluding hydrogens is 378 g/mol. The minimum Gasteiger partial charge on any atom is -0.481 e. The number of aryl methyl sites for hydroxylation is 1. The molecule has 28 heavy (non-hydrogen) atoms. The number of sulfonamides is 1. The summed E-state index contributed by atoms with van der Waals surface area (Å²) in [4.78, 5) is 21.4. The maximum Gasteiger partial charge on any atom is 0.264 e. The van der Waals surface area contributed by atoms with Crippen LogP contribution >= 0.6 is 0 Å². The first-order valence-electron chi connectivity index (χ1n) is 8.79. The van der Waals surface area contributed by atoms with Crippen molar-refractivity contribution in [3.63, 3.8) is 0 Å². The van der Waals surface area contributed by atoms with Crippen LogP contribution in [0.2, 0.25) is 0 Å². The lowest BCUT2D eigenvalue weighted by Crippen LogP contribution is -2.39. The van der Waals surface area contributed by atoms with Crippen LogP contribution in [0.1, 0.15) is 24.0 Å². The zero-order valence-electron chi connectivity index (χ0n) is 15.5. The van der Waals surface area contributed by atoms with Crippen LogP contribution in [0.3, 0.4) is 0 Å². The normalized spacial score (nSPS) is 15.2. The molecule has 0 spiro atoms. The highest BCUT2D eigenvalue weighted by atomic mass is 32.2. The van der Waals surface area contributed by atoms with Crippen molar-refractivity contribution in [1.29, 1.82) is 0 Å². The van der Waals surface area contributed by atoms with Crippen molar-refractivity contribution in [2.24, 2.45) is 0 Å². The molecule has 0 unspecified atom stereocenters. The van der Waals surface area contributed by atoms with Crippen LogP contribution in [-0.4, -0.2) is 31.4 Å². The number of ether oxygens (including phenoxy) is 1. The predicted molar refractivity (Wildman–Crippen MR) is 104 cm³/mol. The molecule has 0 bridgehead atoms. The van der Waals surface area contributed by atoms with E-state index in [1.807, 2.05) is 6.92 Å². The number of carbonyl (C=O) groups is 1. The van der Waals surface area contributed by atoms with Gasteiger partial charge in [-0.1, -0.05) is 6.07 Å². The number of hydrogen-bond acceptors (Lipinski definition) is 6. The topological polar surface area (TPSA) is 98.2 Å². The average molecular weight is 397 g/mol. The van der Waals surface area contributed by atoms with Crippen LogP contribution < -0.4 is 9.46 Å². The van der Waals surface area contributed by atoms with Crippen molar-refractivity contribution in [3.8, 4) is 5.88 Å². The molecule has 1 fully saturated rings. The van der Waals surface area contributed by atoms with E-state index in [0.29, 0.717) is 29.6 Å². The van der Waals surface area contributed by atoms with Gasteiger partial charge in [0.15, 0.2) is 0 Å². The summed E-state index contributed by atoms with van der Waals surface area (Å²) in [7, 11) is -2.53. The average Bonchev–Trinajstić information content (AvgIpc) is 3.49. The Balaban J connectivity index is 1.68.